The fraction of sp³-hybridized carbons (Fsp3) is 0.167. The zero-order valence-electron chi connectivity index (χ0n) is 17.0. The van der Waals surface area contributed by atoms with Crippen LogP contribution in [0.15, 0.2) is 89.8 Å². The van der Waals surface area contributed by atoms with Gasteiger partial charge >= 0.3 is 0 Å². The highest BCUT2D eigenvalue weighted by Crippen LogP contribution is 2.40. The minimum atomic E-state index is -0.0874. The van der Waals surface area contributed by atoms with Crippen molar-refractivity contribution in [3.63, 3.8) is 0 Å². The van der Waals surface area contributed by atoms with E-state index in [1.807, 2.05) is 48.7 Å². The van der Waals surface area contributed by atoms with Crippen LogP contribution in [0.25, 0.3) is 5.69 Å². The van der Waals surface area contributed by atoms with Crippen molar-refractivity contribution in [3.05, 3.63) is 103 Å². The summed E-state index contributed by atoms with van der Waals surface area (Å²) in [5, 5.41) is 4.17. The lowest BCUT2D eigenvalue weighted by molar-refractivity contribution is 0.280. The molecular weight excluding hydrogens is 408 g/mol. The second-order valence-corrected chi connectivity index (χ2v) is 7.72. The van der Waals surface area contributed by atoms with E-state index in [0.717, 1.165) is 28.6 Å². The maximum Gasteiger partial charge on any atom is 0.170 e. The van der Waals surface area contributed by atoms with Crippen LogP contribution in [0.3, 0.4) is 0 Å². The minimum absolute atomic E-state index is 0.0652. The summed E-state index contributed by atoms with van der Waals surface area (Å²) in [6.45, 7) is 0.570. The summed E-state index contributed by atoms with van der Waals surface area (Å²) in [5.74, 6) is 1.69. The molecule has 0 bridgehead atoms. The van der Waals surface area contributed by atoms with Crippen molar-refractivity contribution in [1.29, 1.82) is 0 Å². The standard InChI is InChI=1S/C24H22N4O2S/c1-29-18-11-9-17(10-12-18)27-14-4-8-21(27)23-22(20-7-2-3-13-25-20)26-24(31)28(23)16-19-6-5-15-30-19/h2-15,22-23H,16H2,1H3,(H,26,31)/t22-,23+/m0/s1. The molecule has 1 N–H and O–H groups in total. The Morgan fingerprint density at radius 1 is 1.06 bits per heavy atom. The van der Waals surface area contributed by atoms with Gasteiger partial charge in [-0.2, -0.15) is 0 Å². The van der Waals surface area contributed by atoms with Crippen molar-refractivity contribution >= 4 is 17.3 Å². The Kier molecular flexibility index (Phi) is 5.18. The Morgan fingerprint density at radius 3 is 2.65 bits per heavy atom. The van der Waals surface area contributed by atoms with Gasteiger partial charge in [-0.15, -0.1) is 0 Å². The molecule has 3 aromatic heterocycles. The Balaban J connectivity index is 1.58. The van der Waals surface area contributed by atoms with Crippen LogP contribution in [0.1, 0.15) is 29.2 Å². The smallest absolute Gasteiger partial charge is 0.170 e. The average molecular weight is 431 g/mol. The number of thiocarbonyl (C=S) groups is 1. The molecule has 7 heteroatoms. The zero-order valence-corrected chi connectivity index (χ0v) is 17.8. The molecule has 1 saturated heterocycles. The predicted octanol–water partition coefficient (Wildman–Crippen LogP) is 4.65. The Bertz CT molecular complexity index is 1160. The Labute approximate surface area is 186 Å². The Morgan fingerprint density at radius 2 is 1.94 bits per heavy atom. The number of pyridine rings is 1. The van der Waals surface area contributed by atoms with Gasteiger partial charge in [-0.25, -0.2) is 0 Å². The summed E-state index contributed by atoms with van der Waals surface area (Å²) >= 11 is 5.75. The summed E-state index contributed by atoms with van der Waals surface area (Å²) in [4.78, 5) is 6.78. The van der Waals surface area contributed by atoms with Gasteiger partial charge in [0, 0.05) is 23.8 Å². The molecule has 156 valence electrons. The van der Waals surface area contributed by atoms with Gasteiger partial charge in [0.15, 0.2) is 5.11 Å². The second kappa shape index (κ2) is 8.28. The van der Waals surface area contributed by atoms with Crippen LogP contribution in [0, 0.1) is 0 Å². The van der Waals surface area contributed by atoms with Gasteiger partial charge in [-0.3, -0.25) is 4.98 Å². The molecule has 1 aliphatic rings. The average Bonchev–Trinajstić information content (AvgIpc) is 3.56. The third kappa shape index (κ3) is 3.68. The van der Waals surface area contributed by atoms with Crippen molar-refractivity contribution in [2.45, 2.75) is 18.6 Å². The van der Waals surface area contributed by atoms with Crippen molar-refractivity contribution in [1.82, 2.24) is 19.8 Å². The maximum atomic E-state index is 5.75. The SMILES string of the molecule is COc1ccc(-n2cccc2[C@@H]2[C@H](c3ccccn3)NC(=S)N2Cc2ccco2)cc1. The van der Waals surface area contributed by atoms with Gasteiger partial charge in [-0.1, -0.05) is 6.07 Å². The normalized spacial score (nSPS) is 18.2. The van der Waals surface area contributed by atoms with Gasteiger partial charge < -0.3 is 23.9 Å². The summed E-state index contributed by atoms with van der Waals surface area (Å²) < 4.78 is 13.1. The summed E-state index contributed by atoms with van der Waals surface area (Å²) in [7, 11) is 1.67. The molecule has 1 aliphatic heterocycles. The minimum Gasteiger partial charge on any atom is -0.497 e. The maximum absolute atomic E-state index is 5.75. The van der Waals surface area contributed by atoms with E-state index in [1.165, 1.54) is 0 Å². The first-order valence-electron chi connectivity index (χ1n) is 10.1. The lowest BCUT2D eigenvalue weighted by atomic mass is 10.0. The monoisotopic (exact) mass is 430 g/mol. The van der Waals surface area contributed by atoms with E-state index in [-0.39, 0.29) is 12.1 Å². The van der Waals surface area contributed by atoms with E-state index in [2.05, 4.69) is 50.2 Å². The van der Waals surface area contributed by atoms with E-state index in [1.54, 1.807) is 13.4 Å². The lowest BCUT2D eigenvalue weighted by Crippen LogP contribution is -2.29. The molecule has 4 aromatic rings. The van der Waals surface area contributed by atoms with Gasteiger partial charge in [0.2, 0.25) is 0 Å². The number of rotatable bonds is 6. The fourth-order valence-electron chi connectivity index (χ4n) is 4.08. The Hall–Kier alpha value is -3.58. The van der Waals surface area contributed by atoms with E-state index < -0.39 is 0 Å². The molecule has 5 rings (SSSR count). The third-order valence-corrected chi connectivity index (χ3v) is 5.89. The summed E-state index contributed by atoms with van der Waals surface area (Å²) in [6.07, 6.45) is 5.57. The molecule has 0 aliphatic carbocycles. The number of furan rings is 1. The second-order valence-electron chi connectivity index (χ2n) is 7.33. The van der Waals surface area contributed by atoms with Crippen molar-refractivity contribution in [2.75, 3.05) is 7.11 Å². The molecule has 1 fully saturated rings. The van der Waals surface area contributed by atoms with Crippen LogP contribution >= 0.6 is 12.2 Å². The highest BCUT2D eigenvalue weighted by atomic mass is 32.1. The van der Waals surface area contributed by atoms with Crippen LogP contribution < -0.4 is 10.1 Å². The molecule has 2 atom stereocenters. The largest absolute Gasteiger partial charge is 0.497 e. The van der Waals surface area contributed by atoms with Gasteiger partial charge in [0.05, 0.1) is 37.7 Å². The van der Waals surface area contributed by atoms with Crippen molar-refractivity contribution in [2.24, 2.45) is 0 Å². The van der Waals surface area contributed by atoms with Crippen molar-refractivity contribution in [3.8, 4) is 11.4 Å². The topological polar surface area (TPSA) is 55.5 Å². The number of nitrogens with zero attached hydrogens (tertiary/aromatic N) is 3. The molecule has 0 amide bonds. The molecule has 0 spiro atoms. The van der Waals surface area contributed by atoms with Gasteiger partial charge in [0.1, 0.15) is 11.5 Å². The number of hydrogen-bond acceptors (Lipinski definition) is 4. The molecular formula is C24H22N4O2S. The molecule has 0 radical (unpaired) electrons. The zero-order chi connectivity index (χ0) is 21.2. The summed E-state index contributed by atoms with van der Waals surface area (Å²) in [6, 6.07) is 21.9. The number of benzene rings is 1. The summed E-state index contributed by atoms with van der Waals surface area (Å²) in [5.41, 5.74) is 3.11. The van der Waals surface area contributed by atoms with Crippen LogP contribution in [-0.2, 0) is 6.54 Å². The number of methoxy groups -OCH3 is 1. The van der Waals surface area contributed by atoms with Crippen molar-refractivity contribution < 1.29 is 9.15 Å². The van der Waals surface area contributed by atoms with E-state index in [4.69, 9.17) is 21.4 Å². The molecule has 6 nitrogen and oxygen atoms in total. The van der Waals surface area contributed by atoms with E-state index in [9.17, 15) is 0 Å². The quantitative estimate of drug-likeness (QED) is 0.450. The lowest BCUT2D eigenvalue weighted by Gasteiger charge is -2.28. The number of aromatic nitrogens is 2. The van der Waals surface area contributed by atoms with Crippen LogP contribution in [0.4, 0.5) is 0 Å². The fourth-order valence-corrected chi connectivity index (χ4v) is 4.39. The highest BCUT2D eigenvalue weighted by Gasteiger charge is 2.41. The van der Waals surface area contributed by atoms with Crippen LogP contribution in [-0.4, -0.2) is 26.7 Å². The van der Waals surface area contributed by atoms with Crippen LogP contribution in [0.5, 0.6) is 5.75 Å². The van der Waals surface area contributed by atoms with E-state index >= 15 is 0 Å². The first-order chi connectivity index (χ1) is 15.2. The molecule has 0 unspecified atom stereocenters. The molecule has 0 saturated carbocycles. The third-order valence-electron chi connectivity index (χ3n) is 5.54. The number of nitrogens with one attached hydrogen (secondary N) is 1. The molecule has 1 aromatic carbocycles. The van der Waals surface area contributed by atoms with Crippen LogP contribution in [0.2, 0.25) is 0 Å². The van der Waals surface area contributed by atoms with Gasteiger partial charge in [-0.05, 0) is 72.9 Å². The van der Waals surface area contributed by atoms with Gasteiger partial charge in [0.25, 0.3) is 0 Å². The molecule has 31 heavy (non-hydrogen) atoms. The molecule has 4 heterocycles. The highest BCUT2D eigenvalue weighted by molar-refractivity contribution is 7.80. The first-order valence-corrected chi connectivity index (χ1v) is 10.5. The first kappa shape index (κ1) is 19.4. The van der Waals surface area contributed by atoms with E-state index in [0.29, 0.717) is 11.7 Å². The number of hydrogen-bond donors (Lipinski definition) is 1. The predicted molar refractivity (Wildman–Crippen MR) is 122 cm³/mol. The number of ether oxygens (including phenoxy) is 1.